The molecule has 0 bridgehead atoms. The van der Waals surface area contributed by atoms with E-state index in [0.29, 0.717) is 13.0 Å². The highest BCUT2D eigenvalue weighted by Gasteiger charge is 2.18. The van der Waals surface area contributed by atoms with Crippen LogP contribution in [-0.4, -0.2) is 36.9 Å². The number of carbonyl (C=O) groups is 1. The number of Topliss-reactive ketones (excluding diaryl/α,β-unsaturated/α-hetero) is 1. The molecular weight excluding hydrogens is 330 g/mol. The van der Waals surface area contributed by atoms with Crippen molar-refractivity contribution >= 4 is 17.1 Å². The quantitative estimate of drug-likeness (QED) is 0.639. The minimum Gasteiger partial charge on any atom is -0.490 e. The molecule has 0 unspecified atom stereocenters. The predicted octanol–water partition coefficient (Wildman–Crippen LogP) is 4.74. The summed E-state index contributed by atoms with van der Waals surface area (Å²) < 4.78 is 6.03. The fraction of sp³-hybridized carbons (Fsp3) is 0.476. The first kappa shape index (κ1) is 18.2. The number of nitrogens with zero attached hydrogens (tertiary/aromatic N) is 1. The van der Waals surface area contributed by atoms with Gasteiger partial charge in [0, 0.05) is 18.5 Å². The zero-order valence-electron chi connectivity index (χ0n) is 15.0. The van der Waals surface area contributed by atoms with E-state index in [0.717, 1.165) is 29.2 Å². The fourth-order valence-electron chi connectivity index (χ4n) is 3.28. The minimum atomic E-state index is 0.190. The molecule has 0 spiro atoms. The Hall–Kier alpha value is -1.65. The van der Waals surface area contributed by atoms with E-state index in [1.54, 1.807) is 0 Å². The summed E-state index contributed by atoms with van der Waals surface area (Å²) >= 11 is 1.52. The van der Waals surface area contributed by atoms with Crippen LogP contribution in [0.15, 0.2) is 35.7 Å². The molecule has 134 valence electrons. The van der Waals surface area contributed by atoms with E-state index in [4.69, 9.17) is 4.74 Å². The number of rotatable bonds is 8. The van der Waals surface area contributed by atoms with Crippen molar-refractivity contribution in [3.63, 3.8) is 0 Å². The summed E-state index contributed by atoms with van der Waals surface area (Å²) in [5.41, 5.74) is 2.28. The lowest BCUT2D eigenvalue weighted by Crippen LogP contribution is -2.33. The van der Waals surface area contributed by atoms with Crippen LogP contribution in [0, 0.1) is 6.92 Å². The number of hydrogen-bond donors (Lipinski definition) is 0. The smallest absolute Gasteiger partial charge is 0.176 e. The number of piperidine rings is 1. The van der Waals surface area contributed by atoms with Gasteiger partial charge in [-0.1, -0.05) is 36.8 Å². The van der Waals surface area contributed by atoms with Gasteiger partial charge in [0.2, 0.25) is 0 Å². The first-order valence-corrected chi connectivity index (χ1v) is 10.1. The Kier molecular flexibility index (Phi) is 6.65. The first-order chi connectivity index (χ1) is 12.2. The van der Waals surface area contributed by atoms with Crippen molar-refractivity contribution in [3.05, 3.63) is 51.7 Å². The lowest BCUT2D eigenvalue weighted by molar-refractivity contribution is 0.0982. The monoisotopic (exact) mass is 357 g/mol. The largest absolute Gasteiger partial charge is 0.490 e. The third kappa shape index (κ3) is 5.16. The number of likely N-dealkylation sites (tertiary alicyclic amines) is 1. The van der Waals surface area contributed by atoms with Crippen LogP contribution in [0.3, 0.4) is 0 Å². The lowest BCUT2D eigenvalue weighted by atomic mass is 10.1. The maximum absolute atomic E-state index is 12.6. The van der Waals surface area contributed by atoms with Gasteiger partial charge in [0.05, 0.1) is 0 Å². The normalized spacial score (nSPS) is 15.2. The summed E-state index contributed by atoms with van der Waals surface area (Å²) in [5.74, 6) is 0.995. The molecule has 0 N–H and O–H groups in total. The molecule has 1 aliphatic heterocycles. The maximum Gasteiger partial charge on any atom is 0.176 e. The summed E-state index contributed by atoms with van der Waals surface area (Å²) in [7, 11) is 0. The second-order valence-electron chi connectivity index (χ2n) is 6.74. The van der Waals surface area contributed by atoms with Crippen molar-refractivity contribution in [2.24, 2.45) is 0 Å². The number of ether oxygens (including phenoxy) is 1. The lowest BCUT2D eigenvalue weighted by Gasteiger charge is -2.26. The van der Waals surface area contributed by atoms with Crippen LogP contribution in [0.4, 0.5) is 0 Å². The summed E-state index contributed by atoms with van der Waals surface area (Å²) in [6.07, 6.45) is 5.25. The van der Waals surface area contributed by atoms with Crippen LogP contribution in [0.1, 0.15) is 46.5 Å². The second-order valence-corrected chi connectivity index (χ2v) is 7.62. The summed E-state index contributed by atoms with van der Waals surface area (Å²) in [6.45, 7) is 5.99. The number of hydrogen-bond acceptors (Lipinski definition) is 4. The number of benzene rings is 1. The van der Waals surface area contributed by atoms with E-state index < -0.39 is 0 Å². The molecule has 1 fully saturated rings. The molecule has 25 heavy (non-hydrogen) atoms. The average Bonchev–Trinajstić information content (AvgIpc) is 3.02. The molecule has 0 aliphatic carbocycles. The summed E-state index contributed by atoms with van der Waals surface area (Å²) in [6, 6.07) is 10.2. The van der Waals surface area contributed by atoms with Crippen molar-refractivity contribution in [1.82, 2.24) is 4.90 Å². The van der Waals surface area contributed by atoms with E-state index in [1.165, 1.54) is 49.3 Å². The van der Waals surface area contributed by atoms with E-state index in [-0.39, 0.29) is 5.78 Å². The van der Waals surface area contributed by atoms with Crippen molar-refractivity contribution < 1.29 is 9.53 Å². The third-order valence-electron chi connectivity index (χ3n) is 4.76. The van der Waals surface area contributed by atoms with Gasteiger partial charge in [-0.05, 0) is 50.2 Å². The third-order valence-corrected chi connectivity index (χ3v) is 5.88. The molecule has 0 amide bonds. The van der Waals surface area contributed by atoms with Crippen molar-refractivity contribution in [2.75, 3.05) is 26.2 Å². The zero-order valence-corrected chi connectivity index (χ0v) is 15.8. The van der Waals surface area contributed by atoms with Crippen LogP contribution in [-0.2, 0) is 6.42 Å². The van der Waals surface area contributed by atoms with Gasteiger partial charge < -0.3 is 4.74 Å². The molecule has 1 aromatic carbocycles. The van der Waals surface area contributed by atoms with Crippen molar-refractivity contribution in [2.45, 2.75) is 39.0 Å². The highest BCUT2D eigenvalue weighted by atomic mass is 32.1. The van der Waals surface area contributed by atoms with Gasteiger partial charge >= 0.3 is 0 Å². The van der Waals surface area contributed by atoms with Crippen LogP contribution < -0.4 is 4.74 Å². The van der Waals surface area contributed by atoms with Crippen LogP contribution in [0.2, 0.25) is 0 Å². The van der Waals surface area contributed by atoms with Crippen LogP contribution >= 0.6 is 11.3 Å². The van der Waals surface area contributed by atoms with Crippen molar-refractivity contribution in [3.8, 4) is 5.75 Å². The average molecular weight is 358 g/mol. The Bertz CT molecular complexity index is 674. The SMILES string of the molecule is Cc1csc(C(=O)CCc2ccccc2)c1OCCN1CCCCC1. The Morgan fingerprint density at radius 3 is 2.68 bits per heavy atom. The van der Waals surface area contributed by atoms with Gasteiger partial charge in [-0.2, -0.15) is 0 Å². The minimum absolute atomic E-state index is 0.190. The van der Waals surface area contributed by atoms with Gasteiger partial charge in [-0.15, -0.1) is 11.3 Å². The molecule has 1 saturated heterocycles. The summed E-state index contributed by atoms with van der Waals surface area (Å²) in [4.78, 5) is 15.9. The Labute approximate surface area is 154 Å². The van der Waals surface area contributed by atoms with Gasteiger partial charge in [-0.3, -0.25) is 9.69 Å². The highest BCUT2D eigenvalue weighted by Crippen LogP contribution is 2.31. The number of ketones is 1. The standard InChI is InChI=1S/C21H27NO2S/c1-17-16-25-21(19(23)11-10-18-8-4-2-5-9-18)20(17)24-15-14-22-12-6-3-7-13-22/h2,4-5,8-9,16H,3,6-7,10-15H2,1H3. The van der Waals surface area contributed by atoms with Crippen molar-refractivity contribution in [1.29, 1.82) is 0 Å². The van der Waals surface area contributed by atoms with Gasteiger partial charge in [-0.25, -0.2) is 0 Å². The van der Waals surface area contributed by atoms with Gasteiger partial charge in [0.15, 0.2) is 5.78 Å². The molecular formula is C21H27NO2S. The predicted molar refractivity (Wildman–Crippen MR) is 104 cm³/mol. The van der Waals surface area contributed by atoms with Crippen LogP contribution in [0.25, 0.3) is 0 Å². The molecule has 4 heteroatoms. The molecule has 0 atom stereocenters. The number of carbonyl (C=O) groups excluding carboxylic acids is 1. The fourth-order valence-corrected chi connectivity index (χ4v) is 4.24. The second kappa shape index (κ2) is 9.16. The molecule has 3 nitrogen and oxygen atoms in total. The molecule has 0 saturated carbocycles. The van der Waals surface area contributed by atoms with E-state index in [1.807, 2.05) is 30.5 Å². The van der Waals surface area contributed by atoms with Crippen LogP contribution in [0.5, 0.6) is 5.75 Å². The molecule has 3 rings (SSSR count). The molecule has 1 aromatic heterocycles. The summed E-state index contributed by atoms with van der Waals surface area (Å²) in [5, 5.41) is 2.03. The molecule has 0 radical (unpaired) electrons. The topological polar surface area (TPSA) is 29.5 Å². The Morgan fingerprint density at radius 1 is 1.16 bits per heavy atom. The number of thiophene rings is 1. The number of aryl methyl sites for hydroxylation is 2. The zero-order chi connectivity index (χ0) is 17.5. The van der Waals surface area contributed by atoms with Gasteiger partial charge in [0.1, 0.15) is 17.2 Å². The van der Waals surface area contributed by atoms with E-state index in [9.17, 15) is 4.79 Å². The highest BCUT2D eigenvalue weighted by molar-refractivity contribution is 7.12. The molecule has 2 aromatic rings. The molecule has 1 aliphatic rings. The van der Waals surface area contributed by atoms with E-state index in [2.05, 4.69) is 17.0 Å². The molecule has 2 heterocycles. The van der Waals surface area contributed by atoms with E-state index >= 15 is 0 Å². The first-order valence-electron chi connectivity index (χ1n) is 9.24. The Balaban J connectivity index is 1.53. The maximum atomic E-state index is 12.6. The van der Waals surface area contributed by atoms with Gasteiger partial charge in [0.25, 0.3) is 0 Å². The Morgan fingerprint density at radius 2 is 1.92 bits per heavy atom.